The van der Waals surface area contributed by atoms with Crippen molar-refractivity contribution >= 4 is 42.4 Å². The third-order valence-electron chi connectivity index (χ3n) is 3.79. The summed E-state index contributed by atoms with van der Waals surface area (Å²) in [5.74, 6) is 2.66. The minimum absolute atomic E-state index is 0.0429. The fraction of sp³-hybridized carbons (Fsp3) is 0.600. The Morgan fingerprint density at radius 2 is 2.04 bits per heavy atom. The van der Waals surface area contributed by atoms with Crippen molar-refractivity contribution in [3.63, 3.8) is 0 Å². The maximum absolute atomic E-state index is 11.9. The van der Waals surface area contributed by atoms with Crippen molar-refractivity contribution < 1.29 is 14.0 Å². The van der Waals surface area contributed by atoms with Crippen molar-refractivity contribution in [3.05, 3.63) is 28.3 Å². The van der Waals surface area contributed by atoms with Crippen molar-refractivity contribution in [3.8, 4) is 0 Å². The smallest absolute Gasteiger partial charge is 0.220 e. The molecule has 6 nitrogen and oxygen atoms in total. The molecule has 1 aromatic heterocycles. The highest BCUT2D eigenvalue weighted by atomic mass is 32.2. The first-order valence-electron chi connectivity index (χ1n) is 9.44. The normalized spacial score (nSPS) is 12.0. The monoisotopic (exact) mass is 425 g/mol. The first kappa shape index (κ1) is 24.5. The Balaban J connectivity index is 2.28. The molecule has 28 heavy (non-hydrogen) atoms. The van der Waals surface area contributed by atoms with Gasteiger partial charge in [0.15, 0.2) is 0 Å². The molecule has 1 aromatic rings. The molecule has 0 aliphatic rings. The Morgan fingerprint density at radius 3 is 2.68 bits per heavy atom. The molecule has 0 atom stereocenters. The van der Waals surface area contributed by atoms with E-state index in [1.165, 1.54) is 11.8 Å². The first-order chi connectivity index (χ1) is 13.4. The summed E-state index contributed by atoms with van der Waals surface area (Å²) in [6, 6.07) is 0. The average Bonchev–Trinajstić information content (AvgIpc) is 3.12. The van der Waals surface area contributed by atoms with Crippen LogP contribution < -0.4 is 5.32 Å². The van der Waals surface area contributed by atoms with Crippen LogP contribution >= 0.6 is 23.5 Å². The molecule has 8 heteroatoms. The number of hydrogen-bond acceptors (Lipinski definition) is 7. The van der Waals surface area contributed by atoms with E-state index in [-0.39, 0.29) is 11.3 Å². The number of aldehydes is 1. The fourth-order valence-corrected chi connectivity index (χ4v) is 3.95. The second kappa shape index (κ2) is 13.6. The van der Waals surface area contributed by atoms with Gasteiger partial charge in [-0.25, -0.2) is 4.98 Å². The van der Waals surface area contributed by atoms with Crippen molar-refractivity contribution in [2.75, 3.05) is 5.88 Å². The zero-order valence-electron chi connectivity index (χ0n) is 17.0. The lowest BCUT2D eigenvalue weighted by Gasteiger charge is -2.13. The molecular formula is C20H31N3O3S2. The number of oxazole rings is 1. The lowest BCUT2D eigenvalue weighted by molar-refractivity contribution is -0.120. The number of aromatic nitrogens is 1. The minimum atomic E-state index is -0.0647. The maximum atomic E-state index is 11.9. The van der Waals surface area contributed by atoms with E-state index in [2.05, 4.69) is 42.8 Å². The standard InChI is InChI=1S/C20H31N3O3S2/c1-20(2,3)16-12-22-18(26-16)14-27-19(13-21-4)28-15-23-17(25)10-8-6-5-7-9-11-24/h11-13H,4-10,14-15H2,1-3H3,(H,23,25)/b19-13-. The quantitative estimate of drug-likeness (QED) is 0.194. The lowest BCUT2D eigenvalue weighted by Crippen LogP contribution is -2.22. The van der Waals surface area contributed by atoms with Crippen LogP contribution in [0.4, 0.5) is 0 Å². The number of carbonyl (C=O) groups excluding carboxylic acids is 2. The van der Waals surface area contributed by atoms with Crippen LogP contribution in [-0.2, 0) is 20.8 Å². The summed E-state index contributed by atoms with van der Waals surface area (Å²) in [5, 5.41) is 2.91. The number of hydrogen-bond donors (Lipinski definition) is 1. The Bertz CT molecular complexity index is 651. The van der Waals surface area contributed by atoms with Gasteiger partial charge in [0.1, 0.15) is 12.0 Å². The lowest BCUT2D eigenvalue weighted by atomic mass is 9.94. The van der Waals surface area contributed by atoms with E-state index in [0.29, 0.717) is 30.4 Å². The maximum Gasteiger partial charge on any atom is 0.220 e. The summed E-state index contributed by atoms with van der Waals surface area (Å²) in [7, 11) is 0. The van der Waals surface area contributed by atoms with Gasteiger partial charge in [-0.2, -0.15) is 0 Å². The second-order valence-electron chi connectivity index (χ2n) is 7.30. The summed E-state index contributed by atoms with van der Waals surface area (Å²) in [5.41, 5.74) is -0.0647. The van der Waals surface area contributed by atoms with Crippen LogP contribution in [0, 0.1) is 0 Å². The van der Waals surface area contributed by atoms with Crippen LogP contribution in [0.25, 0.3) is 0 Å². The minimum Gasteiger partial charge on any atom is -0.444 e. The number of thioether (sulfide) groups is 2. The van der Waals surface area contributed by atoms with Crippen LogP contribution in [0.15, 0.2) is 26.0 Å². The van der Waals surface area contributed by atoms with Gasteiger partial charge >= 0.3 is 0 Å². The third-order valence-corrected chi connectivity index (χ3v) is 5.95. The van der Waals surface area contributed by atoms with E-state index in [4.69, 9.17) is 4.42 Å². The van der Waals surface area contributed by atoms with Crippen LogP contribution in [0.1, 0.15) is 70.9 Å². The van der Waals surface area contributed by atoms with Gasteiger partial charge in [0.05, 0.1) is 22.1 Å². The molecule has 0 unspecified atom stereocenters. The van der Waals surface area contributed by atoms with Crippen LogP contribution in [-0.4, -0.2) is 29.8 Å². The summed E-state index contributed by atoms with van der Waals surface area (Å²) in [6.07, 6.45) is 9.24. The van der Waals surface area contributed by atoms with E-state index < -0.39 is 0 Å². The summed E-state index contributed by atoms with van der Waals surface area (Å²) < 4.78 is 6.74. The predicted octanol–water partition coefficient (Wildman–Crippen LogP) is 5.05. The summed E-state index contributed by atoms with van der Waals surface area (Å²) in [6.45, 7) is 9.76. The molecule has 1 heterocycles. The van der Waals surface area contributed by atoms with Gasteiger partial charge in [0.25, 0.3) is 0 Å². The van der Waals surface area contributed by atoms with E-state index >= 15 is 0 Å². The summed E-state index contributed by atoms with van der Waals surface area (Å²) in [4.78, 5) is 30.3. The van der Waals surface area contributed by atoms with Gasteiger partial charge in [-0.3, -0.25) is 9.79 Å². The van der Waals surface area contributed by atoms with Gasteiger partial charge in [-0.1, -0.05) is 45.4 Å². The molecule has 156 valence electrons. The van der Waals surface area contributed by atoms with Crippen LogP contribution in [0.2, 0.25) is 0 Å². The molecule has 0 radical (unpaired) electrons. The first-order valence-corrected chi connectivity index (χ1v) is 11.4. The highest BCUT2D eigenvalue weighted by molar-refractivity contribution is 8.21. The molecule has 0 spiro atoms. The molecule has 1 amide bonds. The van der Waals surface area contributed by atoms with Crippen molar-refractivity contribution in [2.24, 2.45) is 4.99 Å². The number of amides is 1. The topological polar surface area (TPSA) is 84.6 Å². The highest BCUT2D eigenvalue weighted by Gasteiger charge is 2.19. The zero-order chi connectivity index (χ0) is 20.8. The second-order valence-corrected chi connectivity index (χ2v) is 9.59. The van der Waals surface area contributed by atoms with Gasteiger partial charge in [0, 0.05) is 24.5 Å². The van der Waals surface area contributed by atoms with Gasteiger partial charge in [-0.05, 0) is 19.6 Å². The Hall–Kier alpha value is -1.54. The molecule has 0 saturated heterocycles. The van der Waals surface area contributed by atoms with Crippen molar-refractivity contribution in [1.29, 1.82) is 0 Å². The van der Waals surface area contributed by atoms with E-state index in [9.17, 15) is 9.59 Å². The molecule has 0 aromatic carbocycles. The largest absolute Gasteiger partial charge is 0.444 e. The van der Waals surface area contributed by atoms with Crippen molar-refractivity contribution in [1.82, 2.24) is 10.3 Å². The molecule has 0 aliphatic carbocycles. The van der Waals surface area contributed by atoms with Gasteiger partial charge in [-0.15, -0.1) is 11.8 Å². The van der Waals surface area contributed by atoms with Crippen molar-refractivity contribution in [2.45, 2.75) is 70.5 Å². The SMILES string of the molecule is C=N/C=C(\SCNC(=O)CCCCCCC=O)SCc1ncc(C(C)(C)C)o1. The molecular weight excluding hydrogens is 394 g/mol. The number of rotatable bonds is 14. The molecule has 0 aliphatic heterocycles. The van der Waals surface area contributed by atoms with Crippen LogP contribution in [0.3, 0.4) is 0 Å². The average molecular weight is 426 g/mol. The van der Waals surface area contributed by atoms with E-state index in [0.717, 1.165) is 42.0 Å². The molecule has 0 bridgehead atoms. The number of nitrogens with one attached hydrogen (secondary N) is 1. The molecule has 1 N–H and O–H groups in total. The van der Waals surface area contributed by atoms with Gasteiger partial charge in [0.2, 0.25) is 11.8 Å². The van der Waals surface area contributed by atoms with E-state index in [1.54, 1.807) is 24.2 Å². The zero-order valence-corrected chi connectivity index (χ0v) is 18.7. The van der Waals surface area contributed by atoms with E-state index in [1.807, 2.05) is 0 Å². The molecule has 1 rings (SSSR count). The van der Waals surface area contributed by atoms with Gasteiger partial charge < -0.3 is 14.5 Å². The number of carbonyl (C=O) groups is 2. The fourth-order valence-electron chi connectivity index (χ4n) is 2.19. The van der Waals surface area contributed by atoms with Crippen LogP contribution in [0.5, 0.6) is 0 Å². The third kappa shape index (κ3) is 10.7. The Morgan fingerprint density at radius 1 is 1.29 bits per heavy atom. The summed E-state index contributed by atoms with van der Waals surface area (Å²) >= 11 is 3.06. The highest BCUT2D eigenvalue weighted by Crippen LogP contribution is 2.31. The number of nitrogens with zero attached hydrogens (tertiary/aromatic N) is 2. The molecule has 0 fully saturated rings. The Labute approximate surface area is 176 Å². The predicted molar refractivity (Wildman–Crippen MR) is 118 cm³/mol. The number of unbranched alkanes of at least 4 members (excludes halogenated alkanes) is 4. The molecule has 0 saturated carbocycles. The number of aliphatic imine (C=N–C) groups is 1. The Kier molecular flexibility index (Phi) is 11.9.